The number of methoxy groups -OCH3 is 1. The lowest BCUT2D eigenvalue weighted by Crippen LogP contribution is -2.17. The number of benzene rings is 3. The monoisotopic (exact) mass is 453 g/mol. The van der Waals surface area contributed by atoms with E-state index in [1.807, 2.05) is 31.2 Å². The highest BCUT2D eigenvalue weighted by molar-refractivity contribution is 7.92. The van der Waals surface area contributed by atoms with Crippen LogP contribution in [0.3, 0.4) is 0 Å². The first kappa shape index (κ1) is 20.8. The van der Waals surface area contributed by atoms with Gasteiger partial charge in [0.05, 0.1) is 17.3 Å². The molecule has 0 saturated heterocycles. The molecule has 0 atom stereocenters. The van der Waals surface area contributed by atoms with Gasteiger partial charge in [-0.2, -0.15) is 0 Å². The Kier molecular flexibility index (Phi) is 5.62. The van der Waals surface area contributed by atoms with Crippen LogP contribution in [0.4, 0.5) is 10.8 Å². The summed E-state index contributed by atoms with van der Waals surface area (Å²) in [6.07, 6.45) is 0. The lowest BCUT2D eigenvalue weighted by atomic mass is 10.2. The van der Waals surface area contributed by atoms with E-state index >= 15 is 0 Å². The Labute approximate surface area is 183 Å². The lowest BCUT2D eigenvalue weighted by Gasteiger charge is -2.13. The summed E-state index contributed by atoms with van der Waals surface area (Å²) < 4.78 is 34.7. The molecular weight excluding hydrogens is 434 g/mol. The minimum atomic E-state index is -3.99. The van der Waals surface area contributed by atoms with Crippen LogP contribution in [-0.2, 0) is 10.0 Å². The first-order valence-corrected chi connectivity index (χ1v) is 11.6. The van der Waals surface area contributed by atoms with Crippen LogP contribution >= 0.6 is 11.3 Å². The number of hydrogen-bond donors (Lipinski definition) is 2. The van der Waals surface area contributed by atoms with Gasteiger partial charge < -0.3 is 4.74 Å². The molecule has 0 aliphatic rings. The normalized spacial score (nSPS) is 11.3. The number of carbonyl (C=O) groups is 1. The molecule has 0 fully saturated rings. The van der Waals surface area contributed by atoms with Crippen molar-refractivity contribution in [1.82, 2.24) is 4.98 Å². The maximum Gasteiger partial charge on any atom is 0.265 e. The fourth-order valence-corrected chi connectivity index (χ4v) is 5.07. The number of nitrogens with zero attached hydrogens (tertiary/aromatic N) is 1. The third-order valence-electron chi connectivity index (χ3n) is 4.53. The second-order valence-corrected chi connectivity index (χ2v) is 9.46. The molecular formula is C22H19N3O4S2. The van der Waals surface area contributed by atoms with Gasteiger partial charge in [-0.05, 0) is 49.4 Å². The molecule has 9 heteroatoms. The van der Waals surface area contributed by atoms with Crippen LogP contribution < -0.4 is 14.8 Å². The molecule has 0 bridgehead atoms. The van der Waals surface area contributed by atoms with Crippen LogP contribution in [0.2, 0.25) is 0 Å². The molecule has 31 heavy (non-hydrogen) atoms. The van der Waals surface area contributed by atoms with Crippen molar-refractivity contribution in [2.75, 3.05) is 17.1 Å². The van der Waals surface area contributed by atoms with Crippen molar-refractivity contribution >= 4 is 48.3 Å². The minimum Gasteiger partial charge on any atom is -0.495 e. The first-order valence-electron chi connectivity index (χ1n) is 9.30. The number of rotatable bonds is 6. The zero-order valence-corrected chi connectivity index (χ0v) is 18.4. The smallest absolute Gasteiger partial charge is 0.265 e. The van der Waals surface area contributed by atoms with Gasteiger partial charge in [-0.15, -0.1) is 0 Å². The van der Waals surface area contributed by atoms with Crippen molar-refractivity contribution in [2.24, 2.45) is 0 Å². The van der Waals surface area contributed by atoms with Gasteiger partial charge in [-0.25, -0.2) is 13.4 Å². The van der Waals surface area contributed by atoms with Gasteiger partial charge in [-0.3, -0.25) is 14.8 Å². The summed E-state index contributed by atoms with van der Waals surface area (Å²) in [5.74, 6) is -0.329. The van der Waals surface area contributed by atoms with Crippen molar-refractivity contribution in [3.8, 4) is 5.75 Å². The Hall–Kier alpha value is -3.43. The highest BCUT2D eigenvalue weighted by Crippen LogP contribution is 2.29. The van der Waals surface area contributed by atoms with Crippen molar-refractivity contribution in [3.05, 3.63) is 77.9 Å². The number of aromatic nitrogens is 1. The molecule has 158 valence electrons. The number of aryl methyl sites for hydroxylation is 1. The molecule has 7 nitrogen and oxygen atoms in total. The zero-order chi connectivity index (χ0) is 22.0. The van der Waals surface area contributed by atoms with Crippen LogP contribution in [-0.4, -0.2) is 26.4 Å². The number of sulfonamides is 1. The number of carbonyl (C=O) groups excluding carboxylic acids is 1. The van der Waals surface area contributed by atoms with E-state index in [-0.39, 0.29) is 16.2 Å². The van der Waals surface area contributed by atoms with E-state index in [1.54, 1.807) is 24.3 Å². The van der Waals surface area contributed by atoms with E-state index in [0.29, 0.717) is 10.8 Å². The Morgan fingerprint density at radius 1 is 1.03 bits per heavy atom. The molecule has 0 radical (unpaired) electrons. The molecule has 1 heterocycles. The summed E-state index contributed by atoms with van der Waals surface area (Å²) in [6, 6.07) is 18.7. The summed E-state index contributed by atoms with van der Waals surface area (Å²) in [6.45, 7) is 1.91. The molecule has 0 aliphatic carbocycles. The van der Waals surface area contributed by atoms with E-state index in [0.717, 1.165) is 15.8 Å². The van der Waals surface area contributed by atoms with Crippen molar-refractivity contribution in [1.29, 1.82) is 0 Å². The maximum absolute atomic E-state index is 13.0. The lowest BCUT2D eigenvalue weighted by molar-refractivity contribution is 0.102. The number of para-hydroxylation sites is 1. The van der Waals surface area contributed by atoms with Gasteiger partial charge in [0.15, 0.2) is 5.13 Å². The minimum absolute atomic E-state index is 0.132. The number of thiazole rings is 1. The Bertz CT molecular complexity index is 1330. The maximum atomic E-state index is 13.0. The quantitative estimate of drug-likeness (QED) is 0.442. The topological polar surface area (TPSA) is 97.4 Å². The van der Waals surface area contributed by atoms with Gasteiger partial charge in [0.2, 0.25) is 0 Å². The fourth-order valence-electron chi connectivity index (χ4n) is 2.95. The largest absolute Gasteiger partial charge is 0.495 e. The van der Waals surface area contributed by atoms with Crippen LogP contribution in [0.25, 0.3) is 10.2 Å². The number of nitrogens with one attached hydrogen (secondary N) is 2. The number of hydrogen-bond acceptors (Lipinski definition) is 6. The molecule has 0 unspecified atom stereocenters. The SMILES string of the molecule is COc1ccc(C(=O)Nc2nc3ccccc3s2)cc1S(=O)(=O)Nc1ccc(C)cc1. The third kappa shape index (κ3) is 4.52. The summed E-state index contributed by atoms with van der Waals surface area (Å²) in [4.78, 5) is 17.0. The Balaban J connectivity index is 1.63. The van der Waals surface area contributed by atoms with Crippen LogP contribution in [0.1, 0.15) is 15.9 Å². The van der Waals surface area contributed by atoms with E-state index in [9.17, 15) is 13.2 Å². The summed E-state index contributed by atoms with van der Waals surface area (Å²) in [5, 5.41) is 3.17. The summed E-state index contributed by atoms with van der Waals surface area (Å²) in [5.41, 5.74) is 2.37. The number of anilines is 2. The molecule has 0 spiro atoms. The van der Waals surface area contributed by atoms with E-state index in [2.05, 4.69) is 15.0 Å². The molecule has 0 aliphatic heterocycles. The average Bonchev–Trinajstić information content (AvgIpc) is 3.17. The molecule has 4 rings (SSSR count). The van der Waals surface area contributed by atoms with Gasteiger partial charge in [-0.1, -0.05) is 41.2 Å². The van der Waals surface area contributed by atoms with Crippen molar-refractivity contribution in [2.45, 2.75) is 11.8 Å². The predicted molar refractivity (Wildman–Crippen MR) is 123 cm³/mol. The molecule has 4 aromatic rings. The predicted octanol–water partition coefficient (Wildman–Crippen LogP) is 4.67. The number of amides is 1. The number of ether oxygens (including phenoxy) is 1. The van der Waals surface area contributed by atoms with Crippen LogP contribution in [0, 0.1) is 6.92 Å². The average molecular weight is 454 g/mol. The Morgan fingerprint density at radius 2 is 1.77 bits per heavy atom. The summed E-state index contributed by atoms with van der Waals surface area (Å²) >= 11 is 1.34. The Morgan fingerprint density at radius 3 is 2.48 bits per heavy atom. The highest BCUT2D eigenvalue weighted by atomic mass is 32.2. The molecule has 3 aromatic carbocycles. The molecule has 2 N–H and O–H groups in total. The molecule has 1 amide bonds. The molecule has 0 saturated carbocycles. The van der Waals surface area contributed by atoms with E-state index in [1.165, 1.54) is 36.6 Å². The van der Waals surface area contributed by atoms with Gasteiger partial charge in [0, 0.05) is 11.3 Å². The second-order valence-electron chi connectivity index (χ2n) is 6.78. The van der Waals surface area contributed by atoms with E-state index in [4.69, 9.17) is 4.74 Å². The first-order chi connectivity index (χ1) is 14.9. The standard InChI is InChI=1S/C22H19N3O4S2/c1-14-7-10-16(11-8-14)25-31(27,28)20-13-15(9-12-18(20)29-2)21(26)24-22-23-17-5-3-4-6-19(17)30-22/h3-13,25H,1-2H3,(H,23,24,26). The van der Waals surface area contributed by atoms with Gasteiger partial charge in [0.1, 0.15) is 10.6 Å². The second kappa shape index (κ2) is 8.37. The zero-order valence-electron chi connectivity index (χ0n) is 16.7. The van der Waals surface area contributed by atoms with Crippen LogP contribution in [0.15, 0.2) is 71.6 Å². The van der Waals surface area contributed by atoms with Crippen LogP contribution in [0.5, 0.6) is 5.75 Å². The van der Waals surface area contributed by atoms with Crippen molar-refractivity contribution in [3.63, 3.8) is 0 Å². The highest BCUT2D eigenvalue weighted by Gasteiger charge is 2.22. The van der Waals surface area contributed by atoms with Gasteiger partial charge >= 0.3 is 0 Å². The fraction of sp³-hybridized carbons (Fsp3) is 0.0909. The van der Waals surface area contributed by atoms with Gasteiger partial charge in [0.25, 0.3) is 15.9 Å². The van der Waals surface area contributed by atoms with Crippen molar-refractivity contribution < 1.29 is 17.9 Å². The summed E-state index contributed by atoms with van der Waals surface area (Å²) in [7, 11) is -2.61. The molecule has 1 aromatic heterocycles. The number of fused-ring (bicyclic) bond motifs is 1. The third-order valence-corrected chi connectivity index (χ3v) is 6.89. The van der Waals surface area contributed by atoms with E-state index < -0.39 is 15.9 Å².